The summed E-state index contributed by atoms with van der Waals surface area (Å²) in [5, 5.41) is 4.79. The van der Waals surface area contributed by atoms with Gasteiger partial charge in [0.2, 0.25) is 0 Å². The first-order chi connectivity index (χ1) is 13.6. The number of amides is 1. The zero-order chi connectivity index (χ0) is 19.7. The quantitative estimate of drug-likeness (QED) is 0.540. The Hall–Kier alpha value is -3.39. The van der Waals surface area contributed by atoms with Gasteiger partial charge in [-0.2, -0.15) is 0 Å². The number of anilines is 1. The van der Waals surface area contributed by atoms with Crippen LogP contribution in [-0.2, 0) is 0 Å². The van der Waals surface area contributed by atoms with E-state index < -0.39 is 0 Å². The van der Waals surface area contributed by atoms with Crippen molar-refractivity contribution in [3.8, 4) is 22.8 Å². The summed E-state index contributed by atoms with van der Waals surface area (Å²) in [5.41, 5.74) is 1.63. The molecule has 0 aliphatic heterocycles. The lowest BCUT2D eigenvalue weighted by molar-refractivity contribution is 0.102. The monoisotopic (exact) mass is 397 g/mol. The van der Waals surface area contributed by atoms with Crippen LogP contribution < -0.4 is 14.8 Å². The van der Waals surface area contributed by atoms with E-state index in [9.17, 15) is 9.18 Å². The van der Waals surface area contributed by atoms with Crippen LogP contribution in [0.5, 0.6) is 11.5 Å². The van der Waals surface area contributed by atoms with Gasteiger partial charge in [-0.05, 0) is 36.4 Å². The van der Waals surface area contributed by atoms with Gasteiger partial charge in [0.25, 0.3) is 5.91 Å². The fraction of sp³-hybridized carbons (Fsp3) is 0.100. The number of imidazole rings is 1. The lowest BCUT2D eigenvalue weighted by Crippen LogP contribution is -2.15. The summed E-state index contributed by atoms with van der Waals surface area (Å²) in [5.74, 6) is 0.802. The van der Waals surface area contributed by atoms with E-state index in [2.05, 4.69) is 10.3 Å². The Morgan fingerprint density at radius 1 is 1.14 bits per heavy atom. The van der Waals surface area contributed by atoms with Crippen molar-refractivity contribution >= 4 is 28.0 Å². The molecule has 0 bridgehead atoms. The molecule has 0 spiro atoms. The molecule has 0 saturated heterocycles. The van der Waals surface area contributed by atoms with Crippen molar-refractivity contribution in [3.05, 3.63) is 65.4 Å². The molecule has 2 aromatic heterocycles. The maximum Gasteiger partial charge on any atom is 0.260 e. The summed E-state index contributed by atoms with van der Waals surface area (Å²) in [6, 6.07) is 11.0. The number of hydrogen-bond acceptors (Lipinski definition) is 5. The maximum atomic E-state index is 13.3. The predicted molar refractivity (Wildman–Crippen MR) is 106 cm³/mol. The van der Waals surface area contributed by atoms with Crippen LogP contribution in [0.25, 0.3) is 16.2 Å². The summed E-state index contributed by atoms with van der Waals surface area (Å²) in [6.07, 6.45) is 1.82. The van der Waals surface area contributed by atoms with Crippen LogP contribution in [-0.4, -0.2) is 29.5 Å². The Kier molecular flexibility index (Phi) is 4.70. The highest BCUT2D eigenvalue weighted by molar-refractivity contribution is 7.15. The zero-order valence-corrected chi connectivity index (χ0v) is 15.9. The standard InChI is InChI=1S/C20H16FN3O3S/c1-26-14-7-8-15(16(11-14)27-2)19(25)23-18-17(12-3-5-13(21)6-4-12)22-20-24(18)9-10-28-20/h3-11H,1-2H3,(H,23,25). The largest absolute Gasteiger partial charge is 0.497 e. The van der Waals surface area contributed by atoms with Gasteiger partial charge in [0, 0.05) is 23.2 Å². The Bertz CT molecular complexity index is 1150. The number of hydrogen-bond donors (Lipinski definition) is 1. The molecule has 4 rings (SSSR count). The van der Waals surface area contributed by atoms with Gasteiger partial charge in [0.05, 0.1) is 19.8 Å². The number of nitrogens with one attached hydrogen (secondary N) is 1. The lowest BCUT2D eigenvalue weighted by Gasteiger charge is -2.11. The number of thiazole rings is 1. The Labute approximate surface area is 164 Å². The number of carbonyl (C=O) groups excluding carboxylic acids is 1. The Morgan fingerprint density at radius 2 is 1.93 bits per heavy atom. The van der Waals surface area contributed by atoms with Gasteiger partial charge in [-0.15, -0.1) is 11.3 Å². The van der Waals surface area contributed by atoms with E-state index in [0.29, 0.717) is 34.1 Å². The SMILES string of the molecule is COc1ccc(C(=O)Nc2c(-c3ccc(F)cc3)nc3sccn23)c(OC)c1. The van der Waals surface area contributed by atoms with E-state index >= 15 is 0 Å². The minimum atomic E-state index is -0.351. The lowest BCUT2D eigenvalue weighted by atomic mass is 10.1. The molecular weight excluding hydrogens is 381 g/mol. The molecule has 2 aromatic carbocycles. The van der Waals surface area contributed by atoms with E-state index in [1.807, 2.05) is 11.6 Å². The summed E-state index contributed by atoms with van der Waals surface area (Å²) >= 11 is 1.44. The molecule has 0 saturated carbocycles. The summed E-state index contributed by atoms with van der Waals surface area (Å²) in [4.78, 5) is 18.3. The molecule has 142 valence electrons. The third-order valence-corrected chi connectivity index (χ3v) is 5.02. The number of methoxy groups -OCH3 is 2. The molecule has 1 amide bonds. The number of nitrogens with zero attached hydrogens (tertiary/aromatic N) is 2. The van der Waals surface area contributed by atoms with Gasteiger partial charge in [0.15, 0.2) is 4.96 Å². The average Bonchev–Trinajstić information content (AvgIpc) is 3.30. The van der Waals surface area contributed by atoms with Crippen molar-refractivity contribution in [1.29, 1.82) is 0 Å². The topological polar surface area (TPSA) is 64.9 Å². The first kappa shape index (κ1) is 18.0. The molecule has 0 aliphatic carbocycles. The average molecular weight is 397 g/mol. The van der Waals surface area contributed by atoms with Crippen LogP contribution in [0.15, 0.2) is 54.0 Å². The minimum Gasteiger partial charge on any atom is -0.497 e. The number of aromatic nitrogens is 2. The molecule has 1 N–H and O–H groups in total. The highest BCUT2D eigenvalue weighted by Gasteiger charge is 2.20. The molecular formula is C20H16FN3O3S. The summed E-state index contributed by atoms with van der Waals surface area (Å²) in [7, 11) is 3.04. The molecule has 4 aromatic rings. The molecule has 0 fully saturated rings. The Balaban J connectivity index is 1.75. The van der Waals surface area contributed by atoms with Crippen molar-refractivity contribution < 1.29 is 18.7 Å². The van der Waals surface area contributed by atoms with Crippen molar-refractivity contribution in [2.24, 2.45) is 0 Å². The van der Waals surface area contributed by atoms with Crippen LogP contribution in [0.2, 0.25) is 0 Å². The van der Waals surface area contributed by atoms with Crippen LogP contribution in [0, 0.1) is 5.82 Å². The van der Waals surface area contributed by atoms with Gasteiger partial charge in [-0.25, -0.2) is 9.37 Å². The third kappa shape index (κ3) is 3.18. The van der Waals surface area contributed by atoms with Gasteiger partial charge < -0.3 is 14.8 Å². The van der Waals surface area contributed by atoms with Crippen molar-refractivity contribution in [1.82, 2.24) is 9.38 Å². The summed E-state index contributed by atoms with van der Waals surface area (Å²) < 4.78 is 25.6. The van der Waals surface area contributed by atoms with Crippen molar-refractivity contribution in [2.45, 2.75) is 0 Å². The number of ether oxygens (including phenoxy) is 2. The number of carbonyl (C=O) groups is 1. The van der Waals surface area contributed by atoms with Crippen LogP contribution in [0.1, 0.15) is 10.4 Å². The Morgan fingerprint density at radius 3 is 2.64 bits per heavy atom. The zero-order valence-electron chi connectivity index (χ0n) is 15.1. The second kappa shape index (κ2) is 7.32. The normalized spacial score (nSPS) is 10.8. The maximum absolute atomic E-state index is 13.3. The van der Waals surface area contributed by atoms with Crippen LogP contribution >= 0.6 is 11.3 Å². The first-order valence-electron chi connectivity index (χ1n) is 8.35. The second-order valence-electron chi connectivity index (χ2n) is 5.89. The molecule has 28 heavy (non-hydrogen) atoms. The van der Waals surface area contributed by atoms with E-state index in [1.165, 1.54) is 30.6 Å². The van der Waals surface area contributed by atoms with Crippen molar-refractivity contribution in [3.63, 3.8) is 0 Å². The molecule has 2 heterocycles. The molecule has 0 aliphatic rings. The van der Waals surface area contributed by atoms with Gasteiger partial charge in [-0.3, -0.25) is 9.20 Å². The fourth-order valence-corrected chi connectivity index (χ4v) is 3.59. The number of fused-ring (bicyclic) bond motifs is 1. The van der Waals surface area contributed by atoms with Crippen LogP contribution in [0.4, 0.5) is 10.2 Å². The van der Waals surface area contributed by atoms with Crippen LogP contribution in [0.3, 0.4) is 0 Å². The van der Waals surface area contributed by atoms with Gasteiger partial charge in [-0.1, -0.05) is 0 Å². The van der Waals surface area contributed by atoms with E-state index in [0.717, 1.165) is 4.96 Å². The van der Waals surface area contributed by atoms with Gasteiger partial charge >= 0.3 is 0 Å². The molecule has 0 unspecified atom stereocenters. The van der Waals surface area contributed by atoms with E-state index in [1.54, 1.807) is 41.8 Å². The van der Waals surface area contributed by atoms with E-state index in [4.69, 9.17) is 9.47 Å². The first-order valence-corrected chi connectivity index (χ1v) is 9.23. The molecule has 6 nitrogen and oxygen atoms in total. The highest BCUT2D eigenvalue weighted by Crippen LogP contribution is 2.32. The smallest absolute Gasteiger partial charge is 0.260 e. The fourth-order valence-electron chi connectivity index (χ4n) is 2.88. The molecule has 0 radical (unpaired) electrons. The number of halogens is 1. The second-order valence-corrected chi connectivity index (χ2v) is 6.76. The van der Waals surface area contributed by atoms with Gasteiger partial charge in [0.1, 0.15) is 28.8 Å². The minimum absolute atomic E-state index is 0.335. The summed E-state index contributed by atoms with van der Waals surface area (Å²) in [6.45, 7) is 0. The molecule has 0 atom stereocenters. The van der Waals surface area contributed by atoms with E-state index in [-0.39, 0.29) is 11.7 Å². The third-order valence-electron chi connectivity index (χ3n) is 4.27. The highest BCUT2D eigenvalue weighted by atomic mass is 32.1. The number of rotatable bonds is 5. The number of benzene rings is 2. The van der Waals surface area contributed by atoms with Crippen molar-refractivity contribution in [2.75, 3.05) is 19.5 Å². The molecule has 8 heteroatoms. The predicted octanol–water partition coefficient (Wildman–Crippen LogP) is 4.47.